The molecule has 1 fully saturated rings. The summed E-state index contributed by atoms with van der Waals surface area (Å²) in [4.78, 5) is 13.5. The van der Waals surface area contributed by atoms with Gasteiger partial charge in [0.2, 0.25) is 0 Å². The fourth-order valence-corrected chi connectivity index (χ4v) is 3.80. The zero-order valence-electron chi connectivity index (χ0n) is 17.2. The Labute approximate surface area is 184 Å². The summed E-state index contributed by atoms with van der Waals surface area (Å²) in [6.45, 7) is 7.67. The Morgan fingerprint density at radius 2 is 1.96 bits per heavy atom. The highest BCUT2D eigenvalue weighted by Crippen LogP contribution is 2.41. The normalized spacial score (nSPS) is 16.0. The number of hydrogen-bond acceptors (Lipinski definition) is 5. The Bertz CT molecular complexity index is 766. The van der Waals surface area contributed by atoms with Crippen LogP contribution in [0, 0.1) is 5.41 Å². The molecule has 2 aromatic heterocycles. The number of aryl methyl sites for hydroxylation is 1. The van der Waals surface area contributed by atoms with Gasteiger partial charge < -0.3 is 16.0 Å². The number of anilines is 1. The van der Waals surface area contributed by atoms with Crippen LogP contribution in [0.5, 0.6) is 0 Å². The molecule has 0 spiro atoms. The third kappa shape index (κ3) is 5.45. The molecule has 0 radical (unpaired) electrons. The van der Waals surface area contributed by atoms with Crippen molar-refractivity contribution in [1.29, 1.82) is 0 Å². The second-order valence-corrected chi connectivity index (χ2v) is 7.34. The Kier molecular flexibility index (Phi) is 8.71. The molecule has 0 amide bonds. The van der Waals surface area contributed by atoms with E-state index in [9.17, 15) is 0 Å². The highest BCUT2D eigenvalue weighted by atomic mass is 127. The average molecular weight is 500 g/mol. The predicted molar refractivity (Wildman–Crippen MR) is 125 cm³/mol. The van der Waals surface area contributed by atoms with Crippen LogP contribution in [0.25, 0.3) is 11.0 Å². The van der Waals surface area contributed by atoms with Gasteiger partial charge in [-0.05, 0) is 31.6 Å². The van der Waals surface area contributed by atoms with Gasteiger partial charge in [0.25, 0.3) is 0 Å². The molecule has 0 aliphatic heterocycles. The zero-order valence-corrected chi connectivity index (χ0v) is 19.5. The summed E-state index contributed by atoms with van der Waals surface area (Å²) in [6, 6.07) is 0. The van der Waals surface area contributed by atoms with E-state index in [1.54, 1.807) is 17.2 Å². The average Bonchev–Trinajstić information content (AvgIpc) is 3.31. The smallest absolute Gasteiger partial charge is 0.191 e. The van der Waals surface area contributed by atoms with E-state index in [0.29, 0.717) is 5.41 Å². The molecule has 156 valence electrons. The van der Waals surface area contributed by atoms with Gasteiger partial charge in [0.1, 0.15) is 12.1 Å². The lowest BCUT2D eigenvalue weighted by Gasteiger charge is -2.25. The minimum absolute atomic E-state index is 0. The lowest BCUT2D eigenvalue weighted by atomic mass is 9.84. The fourth-order valence-electron chi connectivity index (χ4n) is 3.80. The first-order valence-corrected chi connectivity index (χ1v) is 10.1. The SMILES string of the molecule is CCNC(=NCC1(CC)CCCC1)NCCNc1ncnc2c1cnn2C.I. The Morgan fingerprint density at radius 3 is 2.68 bits per heavy atom. The fraction of sp³-hybridized carbons (Fsp3) is 0.684. The molecule has 2 aromatic rings. The molecule has 9 heteroatoms. The molecular weight excluding hydrogens is 467 g/mol. The lowest BCUT2D eigenvalue weighted by molar-refractivity contribution is 0.297. The van der Waals surface area contributed by atoms with Crippen LogP contribution in [0.2, 0.25) is 0 Å². The number of aliphatic imine (C=N–C) groups is 1. The molecule has 1 saturated carbocycles. The lowest BCUT2D eigenvalue weighted by Crippen LogP contribution is -2.40. The van der Waals surface area contributed by atoms with Crippen molar-refractivity contribution in [3.8, 4) is 0 Å². The standard InChI is InChI=1S/C19H32N8.HI/c1-4-19(8-6-7-9-19)13-23-18(20-5-2)22-11-10-21-16-15-12-26-27(3)17(15)25-14-24-16;/h12,14H,4-11,13H2,1-3H3,(H2,20,22,23)(H,21,24,25);1H. The van der Waals surface area contributed by atoms with Crippen LogP contribution in [0.15, 0.2) is 17.5 Å². The largest absolute Gasteiger partial charge is 0.368 e. The van der Waals surface area contributed by atoms with Gasteiger partial charge in [0, 0.05) is 33.2 Å². The van der Waals surface area contributed by atoms with Crippen LogP contribution in [-0.4, -0.2) is 51.9 Å². The maximum atomic E-state index is 4.86. The summed E-state index contributed by atoms with van der Waals surface area (Å²) < 4.78 is 1.75. The van der Waals surface area contributed by atoms with Gasteiger partial charge in [-0.25, -0.2) is 9.97 Å². The summed E-state index contributed by atoms with van der Waals surface area (Å²) in [6.07, 6.45) is 9.88. The van der Waals surface area contributed by atoms with E-state index < -0.39 is 0 Å². The minimum atomic E-state index is 0. The highest BCUT2D eigenvalue weighted by molar-refractivity contribution is 14.0. The van der Waals surface area contributed by atoms with Crippen LogP contribution in [0.4, 0.5) is 5.82 Å². The highest BCUT2D eigenvalue weighted by Gasteiger charge is 2.31. The molecule has 1 aliphatic carbocycles. The number of nitrogens with zero attached hydrogens (tertiary/aromatic N) is 5. The summed E-state index contributed by atoms with van der Waals surface area (Å²) in [5, 5.41) is 15.3. The molecular formula is C19H33IN8. The summed E-state index contributed by atoms with van der Waals surface area (Å²) in [7, 11) is 1.88. The Hall–Kier alpha value is -1.65. The summed E-state index contributed by atoms with van der Waals surface area (Å²) >= 11 is 0. The zero-order chi connectivity index (χ0) is 19.1. The van der Waals surface area contributed by atoms with Crippen molar-refractivity contribution in [1.82, 2.24) is 30.4 Å². The number of fused-ring (bicyclic) bond motifs is 1. The quantitative estimate of drug-likeness (QED) is 0.224. The van der Waals surface area contributed by atoms with E-state index >= 15 is 0 Å². The van der Waals surface area contributed by atoms with Crippen molar-refractivity contribution in [2.75, 3.05) is 31.5 Å². The molecule has 0 bridgehead atoms. The number of guanidine groups is 1. The molecule has 3 N–H and O–H groups in total. The number of nitrogens with one attached hydrogen (secondary N) is 3. The summed E-state index contributed by atoms with van der Waals surface area (Å²) in [5.41, 5.74) is 1.24. The molecule has 0 unspecified atom stereocenters. The van der Waals surface area contributed by atoms with Gasteiger partial charge in [-0.1, -0.05) is 19.8 Å². The van der Waals surface area contributed by atoms with E-state index in [1.165, 1.54) is 32.1 Å². The number of halogens is 1. The van der Waals surface area contributed by atoms with Gasteiger partial charge in [-0.15, -0.1) is 24.0 Å². The molecule has 0 atom stereocenters. The molecule has 3 rings (SSSR count). The molecule has 1 aliphatic rings. The van der Waals surface area contributed by atoms with Crippen molar-refractivity contribution in [2.45, 2.75) is 46.0 Å². The second kappa shape index (κ2) is 10.8. The van der Waals surface area contributed by atoms with Crippen molar-refractivity contribution >= 4 is 46.8 Å². The van der Waals surface area contributed by atoms with Crippen LogP contribution in [0.3, 0.4) is 0 Å². The van der Waals surface area contributed by atoms with E-state index in [2.05, 4.69) is 44.9 Å². The molecule has 28 heavy (non-hydrogen) atoms. The van der Waals surface area contributed by atoms with Gasteiger partial charge in [-0.2, -0.15) is 5.10 Å². The van der Waals surface area contributed by atoms with Crippen molar-refractivity contribution in [3.05, 3.63) is 12.5 Å². The van der Waals surface area contributed by atoms with Gasteiger partial charge in [0.15, 0.2) is 11.6 Å². The minimum Gasteiger partial charge on any atom is -0.368 e. The monoisotopic (exact) mass is 500 g/mol. The van der Waals surface area contributed by atoms with Gasteiger partial charge >= 0.3 is 0 Å². The maximum absolute atomic E-state index is 4.86. The second-order valence-electron chi connectivity index (χ2n) is 7.34. The maximum Gasteiger partial charge on any atom is 0.191 e. The van der Waals surface area contributed by atoms with E-state index in [-0.39, 0.29) is 24.0 Å². The Morgan fingerprint density at radius 1 is 1.18 bits per heavy atom. The van der Waals surface area contributed by atoms with Crippen LogP contribution in [-0.2, 0) is 7.05 Å². The van der Waals surface area contributed by atoms with Gasteiger partial charge in [0.05, 0.1) is 11.6 Å². The number of hydrogen-bond donors (Lipinski definition) is 3. The molecule has 8 nitrogen and oxygen atoms in total. The first-order chi connectivity index (χ1) is 13.2. The molecule has 2 heterocycles. The first-order valence-electron chi connectivity index (χ1n) is 10.1. The first kappa shape index (κ1) is 22.6. The van der Waals surface area contributed by atoms with Crippen LogP contribution >= 0.6 is 24.0 Å². The van der Waals surface area contributed by atoms with E-state index in [4.69, 9.17) is 4.99 Å². The number of rotatable bonds is 8. The summed E-state index contributed by atoms with van der Waals surface area (Å²) in [5.74, 6) is 1.71. The third-order valence-electron chi connectivity index (χ3n) is 5.57. The Balaban J connectivity index is 0.00000280. The van der Waals surface area contributed by atoms with Crippen molar-refractivity contribution < 1.29 is 0 Å². The van der Waals surface area contributed by atoms with Crippen LogP contribution in [0.1, 0.15) is 46.0 Å². The number of aromatic nitrogens is 4. The molecule has 0 saturated heterocycles. The molecule has 0 aromatic carbocycles. The topological polar surface area (TPSA) is 92.1 Å². The van der Waals surface area contributed by atoms with Crippen molar-refractivity contribution in [2.24, 2.45) is 17.5 Å². The van der Waals surface area contributed by atoms with Gasteiger partial charge in [-0.3, -0.25) is 9.67 Å². The van der Waals surface area contributed by atoms with E-state index in [1.807, 2.05) is 7.05 Å². The van der Waals surface area contributed by atoms with Crippen molar-refractivity contribution in [3.63, 3.8) is 0 Å². The third-order valence-corrected chi connectivity index (χ3v) is 5.57. The van der Waals surface area contributed by atoms with E-state index in [0.717, 1.165) is 49.0 Å². The van der Waals surface area contributed by atoms with Crippen LogP contribution < -0.4 is 16.0 Å². The predicted octanol–water partition coefficient (Wildman–Crippen LogP) is 2.92.